The lowest BCUT2D eigenvalue weighted by molar-refractivity contribution is -0.0971. The van der Waals surface area contributed by atoms with E-state index in [1.54, 1.807) is 0 Å². The first kappa shape index (κ1) is 15.3. The maximum absolute atomic E-state index is 5.29. The number of ether oxygens (including phenoxy) is 1. The van der Waals surface area contributed by atoms with E-state index in [4.69, 9.17) is 4.74 Å². The average molecular weight is 306 g/mol. The van der Waals surface area contributed by atoms with Gasteiger partial charge in [-0.25, -0.2) is 9.67 Å². The molecule has 2 aliphatic heterocycles. The lowest BCUT2D eigenvalue weighted by atomic mass is 9.89. The molecule has 1 aromatic rings. The molecule has 122 valence electrons. The Balaban J connectivity index is 1.53. The van der Waals surface area contributed by atoms with E-state index in [0.717, 1.165) is 63.2 Å². The van der Waals surface area contributed by atoms with Crippen molar-refractivity contribution in [3.05, 3.63) is 11.6 Å². The monoisotopic (exact) mass is 306 g/mol. The summed E-state index contributed by atoms with van der Waals surface area (Å²) in [5, 5.41) is 11.5. The Labute approximate surface area is 131 Å². The zero-order valence-corrected chi connectivity index (χ0v) is 13.7. The summed E-state index contributed by atoms with van der Waals surface area (Å²) in [4.78, 5) is 8.88. The van der Waals surface area contributed by atoms with E-state index in [9.17, 15) is 0 Å². The van der Waals surface area contributed by atoms with Crippen LogP contribution in [0.15, 0.2) is 4.99 Å². The number of fused-ring (bicyclic) bond motifs is 1. The number of hydrogen-bond acceptors (Lipinski definition) is 4. The number of aliphatic imine (C=N–C) groups is 1. The first-order valence-corrected chi connectivity index (χ1v) is 8.09. The van der Waals surface area contributed by atoms with Gasteiger partial charge in [-0.05, 0) is 6.42 Å². The average Bonchev–Trinajstić information content (AvgIpc) is 2.91. The Hall–Kier alpha value is -1.63. The maximum Gasteiger partial charge on any atom is 0.191 e. The molecule has 3 heterocycles. The molecule has 3 rings (SSSR count). The van der Waals surface area contributed by atoms with E-state index in [1.807, 2.05) is 11.7 Å². The zero-order valence-electron chi connectivity index (χ0n) is 13.7. The smallest absolute Gasteiger partial charge is 0.191 e. The summed E-state index contributed by atoms with van der Waals surface area (Å²) in [6, 6.07) is 0.343. The van der Waals surface area contributed by atoms with E-state index in [-0.39, 0.29) is 5.41 Å². The summed E-state index contributed by atoms with van der Waals surface area (Å²) in [6.07, 6.45) is 2.91. The van der Waals surface area contributed by atoms with Crippen LogP contribution in [0.5, 0.6) is 0 Å². The van der Waals surface area contributed by atoms with Crippen LogP contribution in [0.2, 0.25) is 0 Å². The topological polar surface area (TPSA) is 76.4 Å². The van der Waals surface area contributed by atoms with Crippen LogP contribution in [-0.2, 0) is 24.1 Å². The number of hydrogen-bond donors (Lipinski definition) is 2. The Morgan fingerprint density at radius 2 is 2.32 bits per heavy atom. The van der Waals surface area contributed by atoms with Gasteiger partial charge in [0.25, 0.3) is 0 Å². The number of aromatic nitrogens is 3. The molecule has 1 fully saturated rings. The van der Waals surface area contributed by atoms with Crippen molar-refractivity contribution in [2.45, 2.75) is 45.7 Å². The van der Waals surface area contributed by atoms with E-state index in [1.165, 1.54) is 0 Å². The predicted molar refractivity (Wildman–Crippen MR) is 84.9 cm³/mol. The molecular weight excluding hydrogens is 280 g/mol. The number of nitrogens with one attached hydrogen (secondary N) is 2. The molecule has 2 N–H and O–H groups in total. The molecule has 7 nitrogen and oxygen atoms in total. The third-order valence-electron chi connectivity index (χ3n) is 4.37. The summed E-state index contributed by atoms with van der Waals surface area (Å²) in [5.74, 6) is 2.91. The van der Waals surface area contributed by atoms with Crippen LogP contribution >= 0.6 is 0 Å². The quantitative estimate of drug-likeness (QED) is 0.620. The molecule has 0 amide bonds. The van der Waals surface area contributed by atoms with Crippen molar-refractivity contribution >= 4 is 5.96 Å². The molecule has 1 saturated heterocycles. The van der Waals surface area contributed by atoms with Gasteiger partial charge in [0.1, 0.15) is 5.82 Å². The molecule has 22 heavy (non-hydrogen) atoms. The molecule has 0 aliphatic carbocycles. The number of aryl methyl sites for hydroxylation is 2. The van der Waals surface area contributed by atoms with Gasteiger partial charge < -0.3 is 15.4 Å². The van der Waals surface area contributed by atoms with Gasteiger partial charge in [0.05, 0.1) is 19.8 Å². The first-order valence-electron chi connectivity index (χ1n) is 8.09. The van der Waals surface area contributed by atoms with Gasteiger partial charge in [-0.3, -0.25) is 4.99 Å². The van der Waals surface area contributed by atoms with E-state index in [0.29, 0.717) is 6.04 Å². The SMILES string of the molecule is CCc1nc2n(n1)CC(NC(=NC)NCC1(C)COC1)CC2. The van der Waals surface area contributed by atoms with Crippen LogP contribution in [0, 0.1) is 5.41 Å². The third-order valence-corrected chi connectivity index (χ3v) is 4.37. The lowest BCUT2D eigenvalue weighted by Gasteiger charge is -2.38. The Bertz CT molecular complexity index is 548. The second-order valence-electron chi connectivity index (χ2n) is 6.59. The Morgan fingerprint density at radius 3 is 2.95 bits per heavy atom. The molecule has 1 aromatic heterocycles. The van der Waals surface area contributed by atoms with Crippen LogP contribution in [0.3, 0.4) is 0 Å². The van der Waals surface area contributed by atoms with E-state index < -0.39 is 0 Å². The van der Waals surface area contributed by atoms with Crippen LogP contribution in [0.1, 0.15) is 31.9 Å². The summed E-state index contributed by atoms with van der Waals surface area (Å²) >= 11 is 0. The number of guanidine groups is 1. The summed E-state index contributed by atoms with van der Waals surface area (Å²) in [5.41, 5.74) is 0.235. The number of rotatable bonds is 4. The second-order valence-corrected chi connectivity index (χ2v) is 6.59. The molecule has 7 heteroatoms. The van der Waals surface area contributed by atoms with Crippen molar-refractivity contribution < 1.29 is 4.74 Å². The highest BCUT2D eigenvalue weighted by atomic mass is 16.5. The highest BCUT2D eigenvalue weighted by Gasteiger charge is 2.33. The molecule has 1 unspecified atom stereocenters. The van der Waals surface area contributed by atoms with Gasteiger partial charge in [0, 0.05) is 37.9 Å². The van der Waals surface area contributed by atoms with Crippen molar-refractivity contribution in [2.75, 3.05) is 26.8 Å². The van der Waals surface area contributed by atoms with Crippen molar-refractivity contribution in [1.82, 2.24) is 25.4 Å². The fourth-order valence-corrected chi connectivity index (χ4v) is 2.87. The molecule has 0 aromatic carbocycles. The highest BCUT2D eigenvalue weighted by Crippen LogP contribution is 2.25. The first-order chi connectivity index (χ1) is 10.6. The molecule has 0 saturated carbocycles. The second kappa shape index (κ2) is 6.24. The van der Waals surface area contributed by atoms with Crippen LogP contribution < -0.4 is 10.6 Å². The van der Waals surface area contributed by atoms with Crippen molar-refractivity contribution in [3.8, 4) is 0 Å². The standard InChI is InChI=1S/C15H26N6O/c1-4-12-19-13-6-5-11(7-21(13)20-12)18-14(16-3)17-8-15(2)9-22-10-15/h11H,4-10H2,1-3H3,(H2,16,17,18). The fraction of sp³-hybridized carbons (Fsp3) is 0.800. The van der Waals surface area contributed by atoms with Gasteiger partial charge in [-0.1, -0.05) is 13.8 Å². The van der Waals surface area contributed by atoms with Crippen molar-refractivity contribution in [1.29, 1.82) is 0 Å². The fourth-order valence-electron chi connectivity index (χ4n) is 2.87. The molecule has 0 radical (unpaired) electrons. The third kappa shape index (κ3) is 3.24. The normalized spacial score (nSPS) is 23.6. The number of nitrogens with zero attached hydrogens (tertiary/aromatic N) is 4. The van der Waals surface area contributed by atoms with Gasteiger partial charge >= 0.3 is 0 Å². The lowest BCUT2D eigenvalue weighted by Crippen LogP contribution is -2.53. The van der Waals surface area contributed by atoms with Crippen LogP contribution in [-0.4, -0.2) is 53.6 Å². The molecule has 2 aliphatic rings. The van der Waals surface area contributed by atoms with Crippen molar-refractivity contribution in [3.63, 3.8) is 0 Å². The van der Waals surface area contributed by atoms with Crippen LogP contribution in [0.4, 0.5) is 0 Å². The molecular formula is C15H26N6O. The largest absolute Gasteiger partial charge is 0.380 e. The minimum atomic E-state index is 0.235. The van der Waals surface area contributed by atoms with Gasteiger partial charge in [-0.2, -0.15) is 5.10 Å². The van der Waals surface area contributed by atoms with Gasteiger partial charge in [-0.15, -0.1) is 0 Å². The predicted octanol–water partition coefficient (Wildman–Crippen LogP) is 0.357. The summed E-state index contributed by atoms with van der Waals surface area (Å²) in [7, 11) is 1.81. The minimum absolute atomic E-state index is 0.235. The van der Waals surface area contributed by atoms with Gasteiger partial charge in [0.15, 0.2) is 11.8 Å². The molecule has 0 spiro atoms. The highest BCUT2D eigenvalue weighted by molar-refractivity contribution is 5.80. The summed E-state index contributed by atoms with van der Waals surface area (Å²) < 4.78 is 7.32. The Kier molecular flexibility index (Phi) is 4.33. The van der Waals surface area contributed by atoms with Gasteiger partial charge in [0.2, 0.25) is 0 Å². The Morgan fingerprint density at radius 1 is 1.50 bits per heavy atom. The van der Waals surface area contributed by atoms with Crippen LogP contribution in [0.25, 0.3) is 0 Å². The molecule has 0 bridgehead atoms. The minimum Gasteiger partial charge on any atom is -0.380 e. The maximum atomic E-state index is 5.29. The van der Waals surface area contributed by atoms with E-state index >= 15 is 0 Å². The summed E-state index contributed by atoms with van der Waals surface area (Å²) in [6.45, 7) is 7.70. The van der Waals surface area contributed by atoms with E-state index in [2.05, 4.69) is 39.6 Å². The zero-order chi connectivity index (χ0) is 15.6. The van der Waals surface area contributed by atoms with Crippen molar-refractivity contribution in [2.24, 2.45) is 10.4 Å². The molecule has 1 atom stereocenters.